The first-order valence-electron chi connectivity index (χ1n) is 8.54. The molecule has 0 radical (unpaired) electrons. The fourth-order valence-electron chi connectivity index (χ4n) is 3.79. The monoisotopic (exact) mass is 328 g/mol. The van der Waals surface area contributed by atoms with Crippen LogP contribution >= 0.6 is 0 Å². The molecule has 4 rings (SSSR count). The summed E-state index contributed by atoms with van der Waals surface area (Å²) in [5.41, 5.74) is 1.15. The van der Waals surface area contributed by atoms with E-state index in [1.165, 1.54) is 6.33 Å². The molecule has 0 N–H and O–H groups in total. The van der Waals surface area contributed by atoms with Crippen LogP contribution in [0.4, 0.5) is 5.82 Å². The highest BCUT2D eigenvalue weighted by atomic mass is 16.5. The third-order valence-corrected chi connectivity index (χ3v) is 5.07. The van der Waals surface area contributed by atoms with E-state index in [4.69, 9.17) is 4.52 Å². The van der Waals surface area contributed by atoms with Gasteiger partial charge >= 0.3 is 0 Å². The summed E-state index contributed by atoms with van der Waals surface area (Å²) in [5.74, 6) is 3.13. The standard InChI is InChI=1S/C17H24N6O/c1-17(2,3)14-4-15(19-10-18-14)23-7-12-5-22(6-13(12)8-23)9-16-20-11-21-24-16/h4,10-13H,5-9H2,1-3H3. The number of hydrogen-bond donors (Lipinski definition) is 0. The first-order valence-corrected chi connectivity index (χ1v) is 8.54. The summed E-state index contributed by atoms with van der Waals surface area (Å²) in [5, 5.41) is 3.68. The van der Waals surface area contributed by atoms with Gasteiger partial charge in [-0.15, -0.1) is 0 Å². The molecule has 7 heteroatoms. The van der Waals surface area contributed by atoms with Gasteiger partial charge in [-0.25, -0.2) is 9.97 Å². The van der Waals surface area contributed by atoms with Gasteiger partial charge in [-0.3, -0.25) is 4.90 Å². The number of fused-ring (bicyclic) bond motifs is 1. The first kappa shape index (κ1) is 15.5. The summed E-state index contributed by atoms with van der Waals surface area (Å²) < 4.78 is 5.12. The summed E-state index contributed by atoms with van der Waals surface area (Å²) in [6.07, 6.45) is 3.17. The molecule has 0 aromatic carbocycles. The van der Waals surface area contributed by atoms with E-state index in [9.17, 15) is 0 Å². The number of aromatic nitrogens is 4. The van der Waals surface area contributed by atoms with Gasteiger partial charge in [0.2, 0.25) is 5.89 Å². The van der Waals surface area contributed by atoms with Crippen molar-refractivity contribution in [2.45, 2.75) is 32.7 Å². The number of rotatable bonds is 3. The third-order valence-electron chi connectivity index (χ3n) is 5.07. The number of hydrogen-bond acceptors (Lipinski definition) is 7. The predicted octanol–water partition coefficient (Wildman–Crippen LogP) is 1.73. The normalized spacial score (nSPS) is 24.5. The van der Waals surface area contributed by atoms with Crippen molar-refractivity contribution in [3.63, 3.8) is 0 Å². The maximum atomic E-state index is 5.12. The summed E-state index contributed by atoms with van der Waals surface area (Å²) in [6, 6.07) is 2.15. The SMILES string of the molecule is CC(C)(C)c1cc(N2CC3CN(Cc4ncno4)CC3C2)ncn1. The predicted molar refractivity (Wildman–Crippen MR) is 89.5 cm³/mol. The first-order chi connectivity index (χ1) is 11.5. The number of likely N-dealkylation sites (tertiary alicyclic amines) is 1. The topological polar surface area (TPSA) is 71.2 Å². The summed E-state index contributed by atoms with van der Waals surface area (Å²) >= 11 is 0. The Labute approximate surface area is 142 Å². The Balaban J connectivity index is 1.41. The summed E-state index contributed by atoms with van der Waals surface area (Å²) in [7, 11) is 0. The van der Waals surface area contributed by atoms with Gasteiger partial charge in [0.15, 0.2) is 6.33 Å². The lowest BCUT2D eigenvalue weighted by atomic mass is 9.92. The van der Waals surface area contributed by atoms with Gasteiger partial charge in [0.05, 0.1) is 12.2 Å². The van der Waals surface area contributed by atoms with E-state index in [-0.39, 0.29) is 5.41 Å². The third kappa shape index (κ3) is 3.00. The van der Waals surface area contributed by atoms with Crippen molar-refractivity contribution in [1.82, 2.24) is 25.0 Å². The molecule has 24 heavy (non-hydrogen) atoms. The molecule has 0 spiro atoms. The average Bonchev–Trinajstić information content (AvgIpc) is 3.23. The summed E-state index contributed by atoms with van der Waals surface area (Å²) in [6.45, 7) is 11.6. The molecule has 0 saturated carbocycles. The molecule has 0 bridgehead atoms. The van der Waals surface area contributed by atoms with Crippen LogP contribution in [0.1, 0.15) is 32.4 Å². The van der Waals surface area contributed by atoms with Gasteiger partial charge in [-0.05, 0) is 11.8 Å². The number of nitrogens with zero attached hydrogens (tertiary/aromatic N) is 6. The van der Waals surface area contributed by atoms with Gasteiger partial charge in [0.25, 0.3) is 0 Å². The van der Waals surface area contributed by atoms with E-state index >= 15 is 0 Å². The Morgan fingerprint density at radius 1 is 1.04 bits per heavy atom. The van der Waals surface area contributed by atoms with Crippen molar-refractivity contribution in [3.05, 3.63) is 30.3 Å². The van der Waals surface area contributed by atoms with Crippen LogP contribution in [-0.4, -0.2) is 51.2 Å². The van der Waals surface area contributed by atoms with Crippen molar-refractivity contribution < 1.29 is 4.52 Å². The Hall–Kier alpha value is -2.02. The molecule has 4 heterocycles. The molecule has 2 aliphatic rings. The van der Waals surface area contributed by atoms with Gasteiger partial charge in [-0.2, -0.15) is 4.98 Å². The van der Waals surface area contributed by atoms with E-state index in [1.807, 2.05) is 0 Å². The minimum atomic E-state index is 0.0498. The molecular weight excluding hydrogens is 304 g/mol. The molecular formula is C17H24N6O. The quantitative estimate of drug-likeness (QED) is 0.849. The molecule has 2 aliphatic heterocycles. The van der Waals surface area contributed by atoms with Crippen molar-refractivity contribution in [3.8, 4) is 0 Å². The molecule has 2 aromatic rings. The second-order valence-electron chi connectivity index (χ2n) is 7.97. The zero-order chi connectivity index (χ0) is 16.7. The second-order valence-corrected chi connectivity index (χ2v) is 7.97. The lowest BCUT2D eigenvalue weighted by Crippen LogP contribution is -2.29. The Bertz CT molecular complexity index is 681. The molecule has 2 aromatic heterocycles. The highest BCUT2D eigenvalue weighted by Crippen LogP contribution is 2.34. The van der Waals surface area contributed by atoms with Crippen LogP contribution in [0.5, 0.6) is 0 Å². The van der Waals surface area contributed by atoms with Gasteiger partial charge in [0.1, 0.15) is 12.1 Å². The van der Waals surface area contributed by atoms with E-state index in [1.54, 1.807) is 6.33 Å². The Morgan fingerprint density at radius 3 is 2.42 bits per heavy atom. The van der Waals surface area contributed by atoms with Gasteiger partial charge < -0.3 is 9.42 Å². The highest BCUT2D eigenvalue weighted by molar-refractivity contribution is 5.42. The average molecular weight is 328 g/mol. The number of anilines is 1. The fraction of sp³-hybridized carbons (Fsp3) is 0.647. The molecule has 7 nitrogen and oxygen atoms in total. The molecule has 0 amide bonds. The van der Waals surface area contributed by atoms with Crippen LogP contribution in [0.15, 0.2) is 23.2 Å². The molecule has 2 fully saturated rings. The van der Waals surface area contributed by atoms with Crippen LogP contribution in [0.3, 0.4) is 0 Å². The molecule has 0 aliphatic carbocycles. The van der Waals surface area contributed by atoms with Crippen molar-refractivity contribution in [2.24, 2.45) is 11.8 Å². The van der Waals surface area contributed by atoms with Crippen LogP contribution in [0, 0.1) is 11.8 Å². The van der Waals surface area contributed by atoms with Gasteiger partial charge in [-0.1, -0.05) is 25.9 Å². The van der Waals surface area contributed by atoms with Crippen LogP contribution in [0.2, 0.25) is 0 Å². The fourth-order valence-corrected chi connectivity index (χ4v) is 3.79. The maximum Gasteiger partial charge on any atom is 0.240 e. The van der Waals surface area contributed by atoms with E-state index in [0.29, 0.717) is 17.7 Å². The van der Waals surface area contributed by atoms with Crippen LogP contribution < -0.4 is 4.90 Å². The van der Waals surface area contributed by atoms with E-state index in [0.717, 1.165) is 44.2 Å². The largest absolute Gasteiger partial charge is 0.356 e. The molecule has 2 atom stereocenters. The smallest absolute Gasteiger partial charge is 0.240 e. The maximum absolute atomic E-state index is 5.12. The summed E-state index contributed by atoms with van der Waals surface area (Å²) in [4.78, 5) is 17.9. The van der Waals surface area contributed by atoms with Gasteiger partial charge in [0, 0.05) is 37.7 Å². The zero-order valence-corrected chi connectivity index (χ0v) is 14.5. The highest BCUT2D eigenvalue weighted by Gasteiger charge is 2.40. The second kappa shape index (κ2) is 5.81. The van der Waals surface area contributed by atoms with Crippen LogP contribution in [0.25, 0.3) is 0 Å². The van der Waals surface area contributed by atoms with E-state index < -0.39 is 0 Å². The lowest BCUT2D eigenvalue weighted by Gasteiger charge is -2.23. The minimum absolute atomic E-state index is 0.0498. The van der Waals surface area contributed by atoms with Crippen molar-refractivity contribution in [2.75, 3.05) is 31.1 Å². The van der Waals surface area contributed by atoms with Crippen molar-refractivity contribution >= 4 is 5.82 Å². The molecule has 128 valence electrons. The minimum Gasteiger partial charge on any atom is -0.356 e. The van der Waals surface area contributed by atoms with E-state index in [2.05, 4.69) is 56.7 Å². The lowest BCUT2D eigenvalue weighted by molar-refractivity contribution is 0.255. The van der Waals surface area contributed by atoms with Crippen molar-refractivity contribution in [1.29, 1.82) is 0 Å². The molecule has 2 saturated heterocycles. The Morgan fingerprint density at radius 2 is 1.79 bits per heavy atom. The Kier molecular flexibility index (Phi) is 3.75. The van der Waals surface area contributed by atoms with Crippen LogP contribution in [-0.2, 0) is 12.0 Å². The zero-order valence-electron chi connectivity index (χ0n) is 14.5. The molecule has 2 unspecified atom stereocenters.